The molecule has 5 aliphatic rings. The van der Waals surface area contributed by atoms with Crippen LogP contribution in [-0.4, -0.2) is 80.3 Å². The number of fused-ring (bicyclic) bond motifs is 1. The molecular formula is C24H36N2O6. The SMILES string of the molecule is CNC(=O)[C@H]1[C@@H]2CN(C(=O)O[C@@H]3CC[C@]4(CO4)C([C@@]4(C)O[C@@H]4CC=C(C)C)[C@@H]3OC)C[C@@H]21. The molecule has 3 aliphatic heterocycles. The standard InChI is InChI=1S/C24H36N2O6/c1-13(2)6-7-17-23(3,32-17)20-19(29-5)16(8-9-24(20)12-30-24)31-22(28)26-10-14-15(11-26)18(14)21(27)25-4/h6,14-20H,7-12H2,1-5H3,(H,25,27)/t14-,15+,16-,17-,18+,19-,20?,23+,24+/m1/s1. The van der Waals surface area contributed by atoms with Gasteiger partial charge in [-0.2, -0.15) is 0 Å². The number of methoxy groups -OCH3 is 1. The van der Waals surface area contributed by atoms with Crippen LogP contribution >= 0.6 is 0 Å². The summed E-state index contributed by atoms with van der Waals surface area (Å²) >= 11 is 0. The summed E-state index contributed by atoms with van der Waals surface area (Å²) in [5.41, 5.74) is 0.708. The number of amides is 2. The van der Waals surface area contributed by atoms with Gasteiger partial charge in [0.1, 0.15) is 23.4 Å². The highest BCUT2D eigenvalue weighted by Gasteiger charge is 2.72. The number of nitrogens with zero attached hydrogens (tertiary/aromatic N) is 1. The molecule has 3 saturated heterocycles. The Bertz CT molecular complexity index is 809. The molecule has 0 bridgehead atoms. The highest BCUT2D eigenvalue weighted by molar-refractivity contribution is 5.83. The molecule has 2 aliphatic carbocycles. The number of piperidine rings is 1. The Labute approximate surface area is 190 Å². The number of carbonyl (C=O) groups excluding carboxylic acids is 2. The highest BCUT2D eigenvalue weighted by Crippen LogP contribution is 2.60. The molecule has 0 radical (unpaired) electrons. The molecule has 0 aromatic carbocycles. The van der Waals surface area contributed by atoms with E-state index in [9.17, 15) is 9.59 Å². The van der Waals surface area contributed by atoms with Gasteiger partial charge in [0.05, 0.1) is 18.6 Å². The number of ether oxygens (including phenoxy) is 4. The number of allylic oxidation sites excluding steroid dienone is 1. The second kappa shape index (κ2) is 7.71. The molecule has 8 heteroatoms. The fraction of sp³-hybridized carbons (Fsp3) is 0.833. The smallest absolute Gasteiger partial charge is 0.410 e. The highest BCUT2D eigenvalue weighted by atomic mass is 16.6. The molecule has 1 unspecified atom stereocenters. The predicted octanol–water partition coefficient (Wildman–Crippen LogP) is 2.12. The molecule has 5 fully saturated rings. The first-order valence-electron chi connectivity index (χ1n) is 11.9. The van der Waals surface area contributed by atoms with Crippen LogP contribution < -0.4 is 5.32 Å². The van der Waals surface area contributed by atoms with Gasteiger partial charge in [0.25, 0.3) is 0 Å². The van der Waals surface area contributed by atoms with Crippen molar-refractivity contribution in [2.45, 2.75) is 69.5 Å². The quantitative estimate of drug-likeness (QED) is 0.494. The molecule has 32 heavy (non-hydrogen) atoms. The van der Waals surface area contributed by atoms with Gasteiger partial charge in [-0.05, 0) is 51.9 Å². The Morgan fingerprint density at radius 2 is 1.94 bits per heavy atom. The Hall–Kier alpha value is -1.64. The van der Waals surface area contributed by atoms with Crippen molar-refractivity contribution >= 4 is 12.0 Å². The second-order valence-electron chi connectivity index (χ2n) is 10.7. The van der Waals surface area contributed by atoms with Gasteiger partial charge in [-0.3, -0.25) is 4.79 Å². The van der Waals surface area contributed by atoms with Crippen molar-refractivity contribution in [3.63, 3.8) is 0 Å². The van der Waals surface area contributed by atoms with Crippen molar-refractivity contribution in [3.8, 4) is 0 Å². The van der Waals surface area contributed by atoms with Crippen LogP contribution in [0.4, 0.5) is 4.79 Å². The maximum atomic E-state index is 13.0. The van der Waals surface area contributed by atoms with Crippen LogP contribution in [0.1, 0.15) is 40.0 Å². The summed E-state index contributed by atoms with van der Waals surface area (Å²) in [4.78, 5) is 26.6. The average Bonchev–Trinajstić information content (AvgIpc) is 3.72. The number of hydrogen-bond donors (Lipinski definition) is 1. The Morgan fingerprint density at radius 3 is 2.50 bits per heavy atom. The van der Waals surface area contributed by atoms with Crippen LogP contribution in [0.3, 0.4) is 0 Å². The molecule has 3 heterocycles. The third-order valence-corrected chi connectivity index (χ3v) is 8.49. The zero-order valence-corrected chi connectivity index (χ0v) is 19.8. The lowest BCUT2D eigenvalue weighted by Crippen LogP contribution is -2.56. The lowest BCUT2D eigenvalue weighted by Gasteiger charge is -2.43. The van der Waals surface area contributed by atoms with Gasteiger partial charge in [0.2, 0.25) is 5.91 Å². The molecule has 8 nitrogen and oxygen atoms in total. The molecule has 1 spiro atoms. The summed E-state index contributed by atoms with van der Waals surface area (Å²) in [6, 6.07) is 0. The summed E-state index contributed by atoms with van der Waals surface area (Å²) in [5.74, 6) is 0.672. The average molecular weight is 449 g/mol. The minimum atomic E-state index is -0.343. The van der Waals surface area contributed by atoms with Crippen LogP contribution in [0.25, 0.3) is 0 Å². The van der Waals surface area contributed by atoms with Crippen LogP contribution in [0.2, 0.25) is 0 Å². The Morgan fingerprint density at radius 1 is 1.25 bits per heavy atom. The maximum Gasteiger partial charge on any atom is 0.410 e. The molecule has 5 rings (SSSR count). The van der Waals surface area contributed by atoms with Crippen LogP contribution in [0.15, 0.2) is 11.6 Å². The topological polar surface area (TPSA) is 92.9 Å². The van der Waals surface area contributed by atoms with Crippen molar-refractivity contribution in [1.82, 2.24) is 10.2 Å². The van der Waals surface area contributed by atoms with Gasteiger partial charge >= 0.3 is 6.09 Å². The van der Waals surface area contributed by atoms with E-state index in [0.717, 1.165) is 19.3 Å². The van der Waals surface area contributed by atoms with E-state index in [1.165, 1.54) is 5.57 Å². The van der Waals surface area contributed by atoms with Crippen LogP contribution in [-0.2, 0) is 23.7 Å². The number of likely N-dealkylation sites (tertiary alicyclic amines) is 1. The molecule has 0 aromatic rings. The lowest BCUT2D eigenvalue weighted by atomic mass is 9.68. The molecule has 0 aromatic heterocycles. The summed E-state index contributed by atoms with van der Waals surface area (Å²) in [6.45, 7) is 8.23. The van der Waals surface area contributed by atoms with Crippen molar-refractivity contribution in [2.24, 2.45) is 23.7 Å². The van der Waals surface area contributed by atoms with E-state index in [0.29, 0.717) is 19.7 Å². The van der Waals surface area contributed by atoms with Crippen LogP contribution in [0.5, 0.6) is 0 Å². The maximum absolute atomic E-state index is 13.0. The fourth-order valence-electron chi connectivity index (χ4n) is 6.51. The second-order valence-corrected chi connectivity index (χ2v) is 10.7. The third-order valence-electron chi connectivity index (χ3n) is 8.49. The number of rotatable bonds is 6. The van der Waals surface area contributed by atoms with Gasteiger partial charge in [-0.25, -0.2) is 4.79 Å². The molecule has 9 atom stereocenters. The van der Waals surface area contributed by atoms with Crippen molar-refractivity contribution in [1.29, 1.82) is 0 Å². The van der Waals surface area contributed by atoms with E-state index in [-0.39, 0.29) is 65.2 Å². The van der Waals surface area contributed by atoms with Gasteiger partial charge in [-0.15, -0.1) is 0 Å². The minimum absolute atomic E-state index is 0.0201. The van der Waals surface area contributed by atoms with Gasteiger partial charge in [-0.1, -0.05) is 11.6 Å². The summed E-state index contributed by atoms with van der Waals surface area (Å²) in [6.07, 6.45) is 3.87. The Balaban J connectivity index is 1.23. The first-order chi connectivity index (χ1) is 15.2. The zero-order valence-electron chi connectivity index (χ0n) is 19.8. The number of carbonyl (C=O) groups is 2. The normalized spacial score (nSPS) is 45.8. The number of hydrogen-bond acceptors (Lipinski definition) is 6. The van der Waals surface area contributed by atoms with E-state index >= 15 is 0 Å². The van der Waals surface area contributed by atoms with E-state index in [1.807, 2.05) is 0 Å². The largest absolute Gasteiger partial charge is 0.443 e. The number of epoxide rings is 2. The third kappa shape index (κ3) is 3.55. The van der Waals surface area contributed by atoms with E-state index in [1.54, 1.807) is 19.1 Å². The summed E-state index contributed by atoms with van der Waals surface area (Å²) in [5, 5.41) is 2.72. The molecule has 1 N–H and O–H groups in total. The predicted molar refractivity (Wildman–Crippen MR) is 116 cm³/mol. The molecular weight excluding hydrogens is 412 g/mol. The molecule has 2 saturated carbocycles. The molecule has 178 valence electrons. The summed E-state index contributed by atoms with van der Waals surface area (Å²) in [7, 11) is 3.35. The number of nitrogens with one attached hydrogen (secondary N) is 1. The minimum Gasteiger partial charge on any atom is -0.443 e. The van der Waals surface area contributed by atoms with Gasteiger partial charge in [0.15, 0.2) is 0 Å². The zero-order chi connectivity index (χ0) is 22.8. The lowest BCUT2D eigenvalue weighted by molar-refractivity contribution is -0.123. The fourth-order valence-corrected chi connectivity index (χ4v) is 6.51. The van der Waals surface area contributed by atoms with E-state index < -0.39 is 0 Å². The molecule has 2 amide bonds. The van der Waals surface area contributed by atoms with E-state index in [4.69, 9.17) is 18.9 Å². The van der Waals surface area contributed by atoms with E-state index in [2.05, 4.69) is 32.2 Å². The monoisotopic (exact) mass is 448 g/mol. The summed E-state index contributed by atoms with van der Waals surface area (Å²) < 4.78 is 24.2. The Kier molecular flexibility index (Phi) is 5.34. The van der Waals surface area contributed by atoms with Crippen molar-refractivity contribution < 1.29 is 28.5 Å². The van der Waals surface area contributed by atoms with Crippen LogP contribution in [0, 0.1) is 23.7 Å². The van der Waals surface area contributed by atoms with Gasteiger partial charge in [0, 0.05) is 33.2 Å². The first kappa shape index (κ1) is 22.2. The van der Waals surface area contributed by atoms with Crippen molar-refractivity contribution in [2.75, 3.05) is 33.9 Å². The first-order valence-corrected chi connectivity index (χ1v) is 11.9. The van der Waals surface area contributed by atoms with Gasteiger partial charge < -0.3 is 29.2 Å². The van der Waals surface area contributed by atoms with Crippen molar-refractivity contribution in [3.05, 3.63) is 11.6 Å².